The fourth-order valence-electron chi connectivity index (χ4n) is 1.43. The molecule has 2 aromatic rings. The summed E-state index contributed by atoms with van der Waals surface area (Å²) in [5.41, 5.74) is 5.71. The minimum Gasteiger partial charge on any atom is -0.484 e. The lowest BCUT2D eigenvalue weighted by Crippen LogP contribution is -2.17. The lowest BCUT2D eigenvalue weighted by Gasteiger charge is -2.16. The molecule has 0 saturated carbocycles. The second-order valence-corrected chi connectivity index (χ2v) is 6.30. The van der Waals surface area contributed by atoms with Crippen molar-refractivity contribution in [3.05, 3.63) is 49.3 Å². The summed E-state index contributed by atoms with van der Waals surface area (Å²) < 4.78 is 20.3. The van der Waals surface area contributed by atoms with Crippen LogP contribution in [0.4, 0.5) is 4.39 Å². The number of nitrogens with two attached hydrogens (primary N) is 1. The van der Waals surface area contributed by atoms with Gasteiger partial charge in [-0.05, 0) is 56.1 Å². The van der Waals surface area contributed by atoms with E-state index >= 15 is 0 Å². The topological polar surface area (TPSA) is 35.2 Å². The Morgan fingerprint density at radius 3 is 2.67 bits per heavy atom. The maximum Gasteiger partial charge on any atom is 0.145 e. The monoisotopic (exact) mass is 393 g/mol. The summed E-state index contributed by atoms with van der Waals surface area (Å²) in [4.78, 5) is 1.03. The van der Waals surface area contributed by atoms with Gasteiger partial charge in [-0.25, -0.2) is 4.39 Å². The molecule has 1 unspecified atom stereocenters. The second-order valence-electron chi connectivity index (χ2n) is 3.59. The third-order valence-electron chi connectivity index (χ3n) is 2.29. The lowest BCUT2D eigenvalue weighted by atomic mass is 10.3. The van der Waals surface area contributed by atoms with E-state index < -0.39 is 0 Å². The van der Waals surface area contributed by atoms with Crippen LogP contribution in [0.2, 0.25) is 0 Å². The molecule has 0 bridgehead atoms. The molecule has 6 heteroatoms. The Morgan fingerprint density at radius 1 is 1.33 bits per heavy atom. The van der Waals surface area contributed by atoms with Gasteiger partial charge in [-0.2, -0.15) is 0 Å². The Balaban J connectivity index is 2.17. The standard InChI is InChI=1S/C12H10Br2FNOS/c13-7-3-12(18-6-7)11(5-16)17-8-1-2-10(15)9(14)4-8/h1-4,6,11H,5,16H2. The van der Waals surface area contributed by atoms with Gasteiger partial charge in [0.25, 0.3) is 0 Å². The van der Waals surface area contributed by atoms with Crippen LogP contribution in [0.5, 0.6) is 5.75 Å². The number of thiophene rings is 1. The summed E-state index contributed by atoms with van der Waals surface area (Å²) in [6, 6.07) is 6.52. The van der Waals surface area contributed by atoms with Gasteiger partial charge in [-0.15, -0.1) is 11.3 Å². The zero-order valence-electron chi connectivity index (χ0n) is 9.20. The van der Waals surface area contributed by atoms with Crippen molar-refractivity contribution in [2.24, 2.45) is 5.73 Å². The summed E-state index contributed by atoms with van der Waals surface area (Å²) in [6.07, 6.45) is -0.223. The molecular formula is C12H10Br2FNOS. The van der Waals surface area contributed by atoms with Crippen LogP contribution in [0.15, 0.2) is 38.6 Å². The molecule has 1 atom stereocenters. The smallest absolute Gasteiger partial charge is 0.145 e. The zero-order valence-corrected chi connectivity index (χ0v) is 13.2. The van der Waals surface area contributed by atoms with Gasteiger partial charge in [-0.1, -0.05) is 0 Å². The summed E-state index contributed by atoms with van der Waals surface area (Å²) in [6.45, 7) is 0.363. The lowest BCUT2D eigenvalue weighted by molar-refractivity contribution is 0.217. The van der Waals surface area contributed by atoms with E-state index in [2.05, 4.69) is 31.9 Å². The van der Waals surface area contributed by atoms with Crippen molar-refractivity contribution in [3.63, 3.8) is 0 Å². The summed E-state index contributed by atoms with van der Waals surface area (Å²) >= 11 is 8.09. The van der Waals surface area contributed by atoms with Crippen LogP contribution >= 0.6 is 43.2 Å². The zero-order chi connectivity index (χ0) is 13.1. The number of rotatable bonds is 4. The fraction of sp³-hybridized carbons (Fsp3) is 0.167. The van der Waals surface area contributed by atoms with Gasteiger partial charge in [0.15, 0.2) is 0 Å². The first-order chi connectivity index (χ1) is 8.60. The molecule has 0 spiro atoms. The second kappa shape index (κ2) is 6.14. The van der Waals surface area contributed by atoms with Crippen molar-refractivity contribution in [3.8, 4) is 5.75 Å². The molecule has 0 fully saturated rings. The largest absolute Gasteiger partial charge is 0.484 e. The maximum atomic E-state index is 13.1. The molecule has 96 valence electrons. The van der Waals surface area contributed by atoms with E-state index in [9.17, 15) is 4.39 Å². The number of hydrogen-bond acceptors (Lipinski definition) is 3. The highest BCUT2D eigenvalue weighted by Gasteiger charge is 2.14. The third-order valence-corrected chi connectivity index (χ3v) is 4.68. The average Bonchev–Trinajstić information content (AvgIpc) is 2.77. The molecule has 2 rings (SSSR count). The van der Waals surface area contributed by atoms with Crippen molar-refractivity contribution < 1.29 is 9.13 Å². The highest BCUT2D eigenvalue weighted by Crippen LogP contribution is 2.30. The molecule has 0 aliphatic rings. The van der Waals surface area contributed by atoms with Gasteiger partial charge < -0.3 is 10.5 Å². The van der Waals surface area contributed by atoms with E-state index in [-0.39, 0.29) is 11.9 Å². The maximum absolute atomic E-state index is 13.1. The number of benzene rings is 1. The first-order valence-corrected chi connectivity index (χ1v) is 7.62. The first-order valence-electron chi connectivity index (χ1n) is 5.16. The molecule has 0 aliphatic heterocycles. The highest BCUT2D eigenvalue weighted by molar-refractivity contribution is 9.10. The van der Waals surface area contributed by atoms with Crippen LogP contribution in [-0.2, 0) is 0 Å². The molecular weight excluding hydrogens is 385 g/mol. The minimum absolute atomic E-state index is 0.223. The van der Waals surface area contributed by atoms with Crippen LogP contribution < -0.4 is 10.5 Å². The van der Waals surface area contributed by atoms with E-state index in [1.807, 2.05) is 11.4 Å². The molecule has 1 aromatic carbocycles. The Labute approximate surface area is 125 Å². The van der Waals surface area contributed by atoms with Crippen LogP contribution in [-0.4, -0.2) is 6.54 Å². The average molecular weight is 395 g/mol. The number of halogens is 3. The molecule has 1 aromatic heterocycles. The van der Waals surface area contributed by atoms with Gasteiger partial charge in [0, 0.05) is 21.3 Å². The van der Waals surface area contributed by atoms with Crippen LogP contribution in [0.25, 0.3) is 0 Å². The molecule has 2 N–H and O–H groups in total. The third kappa shape index (κ3) is 3.32. The molecule has 0 amide bonds. The summed E-state index contributed by atoms with van der Waals surface area (Å²) in [5, 5.41) is 1.97. The van der Waals surface area contributed by atoms with Gasteiger partial charge in [0.1, 0.15) is 17.7 Å². The molecule has 18 heavy (non-hydrogen) atoms. The van der Waals surface area contributed by atoms with Crippen molar-refractivity contribution >= 4 is 43.2 Å². The van der Waals surface area contributed by atoms with E-state index in [4.69, 9.17) is 10.5 Å². The normalized spacial score (nSPS) is 12.4. The minimum atomic E-state index is -0.314. The molecule has 0 saturated heterocycles. The number of hydrogen-bond donors (Lipinski definition) is 1. The fourth-order valence-corrected chi connectivity index (χ4v) is 3.28. The summed E-state index contributed by atoms with van der Waals surface area (Å²) in [7, 11) is 0. The first kappa shape index (κ1) is 14.0. The Hall–Kier alpha value is -0.430. The van der Waals surface area contributed by atoms with Crippen LogP contribution in [0.1, 0.15) is 11.0 Å². The molecule has 0 aliphatic carbocycles. The van der Waals surface area contributed by atoms with Gasteiger partial charge >= 0.3 is 0 Å². The van der Waals surface area contributed by atoms with Crippen molar-refractivity contribution in [1.82, 2.24) is 0 Å². The van der Waals surface area contributed by atoms with Crippen molar-refractivity contribution in [2.75, 3.05) is 6.54 Å². The Morgan fingerprint density at radius 2 is 2.11 bits per heavy atom. The molecule has 1 heterocycles. The van der Waals surface area contributed by atoms with Gasteiger partial charge in [0.2, 0.25) is 0 Å². The molecule has 0 radical (unpaired) electrons. The predicted molar refractivity (Wildman–Crippen MR) is 78.5 cm³/mol. The van der Waals surface area contributed by atoms with Gasteiger partial charge in [0.05, 0.1) is 4.47 Å². The highest BCUT2D eigenvalue weighted by atomic mass is 79.9. The SMILES string of the molecule is NCC(Oc1ccc(F)c(Br)c1)c1cc(Br)cs1. The van der Waals surface area contributed by atoms with Crippen molar-refractivity contribution in [1.29, 1.82) is 0 Å². The van der Waals surface area contributed by atoms with Gasteiger partial charge in [-0.3, -0.25) is 0 Å². The van der Waals surface area contributed by atoms with E-state index in [1.54, 1.807) is 23.5 Å². The van der Waals surface area contributed by atoms with E-state index in [0.717, 1.165) is 9.35 Å². The van der Waals surface area contributed by atoms with Crippen LogP contribution in [0.3, 0.4) is 0 Å². The van der Waals surface area contributed by atoms with Crippen LogP contribution in [0, 0.1) is 5.82 Å². The van der Waals surface area contributed by atoms with E-state index in [0.29, 0.717) is 16.8 Å². The predicted octanol–water partition coefficient (Wildman–Crippen LogP) is 4.49. The van der Waals surface area contributed by atoms with Crippen molar-refractivity contribution in [2.45, 2.75) is 6.10 Å². The number of ether oxygens (including phenoxy) is 1. The Bertz CT molecular complexity index is 547. The van der Waals surface area contributed by atoms with E-state index in [1.165, 1.54) is 6.07 Å². The summed E-state index contributed by atoms with van der Waals surface area (Å²) in [5.74, 6) is 0.272. The Kier molecular flexibility index (Phi) is 4.77. The quantitative estimate of drug-likeness (QED) is 0.828. The molecule has 2 nitrogen and oxygen atoms in total.